The Hall–Kier alpha value is -2.93. The molecule has 0 saturated carbocycles. The summed E-state index contributed by atoms with van der Waals surface area (Å²) >= 11 is 1.39. The lowest BCUT2D eigenvalue weighted by atomic mass is 10.2. The first-order valence-corrected chi connectivity index (χ1v) is 9.84. The molecule has 1 aromatic heterocycles. The molecule has 0 aliphatic heterocycles. The molecule has 1 heterocycles. The van der Waals surface area contributed by atoms with Gasteiger partial charge in [-0.15, -0.1) is 11.3 Å². The number of halogens is 1. The van der Waals surface area contributed by atoms with Crippen LogP contribution in [0.15, 0.2) is 53.9 Å². The molecule has 0 radical (unpaired) electrons. The summed E-state index contributed by atoms with van der Waals surface area (Å²) in [6, 6.07) is 13.6. The van der Waals surface area contributed by atoms with Crippen LogP contribution < -0.4 is 14.8 Å². The highest BCUT2D eigenvalue weighted by molar-refractivity contribution is 7.13. The van der Waals surface area contributed by atoms with Crippen molar-refractivity contribution in [2.45, 2.75) is 13.3 Å². The van der Waals surface area contributed by atoms with Crippen molar-refractivity contribution in [2.75, 3.05) is 19.8 Å². The van der Waals surface area contributed by atoms with E-state index in [1.54, 1.807) is 12.1 Å². The zero-order valence-corrected chi connectivity index (χ0v) is 16.3. The lowest BCUT2D eigenvalue weighted by molar-refractivity contribution is -0.120. The minimum Gasteiger partial charge on any atom is -0.494 e. The van der Waals surface area contributed by atoms with Gasteiger partial charge in [-0.05, 0) is 43.3 Å². The van der Waals surface area contributed by atoms with E-state index in [2.05, 4.69) is 10.3 Å². The highest BCUT2D eigenvalue weighted by Crippen LogP contribution is 2.24. The summed E-state index contributed by atoms with van der Waals surface area (Å²) in [5.74, 6) is 1.08. The topological polar surface area (TPSA) is 60.5 Å². The number of hydrogen-bond acceptors (Lipinski definition) is 5. The Morgan fingerprint density at radius 3 is 2.61 bits per heavy atom. The lowest BCUT2D eigenvalue weighted by Crippen LogP contribution is -2.29. The number of benzene rings is 2. The molecule has 0 saturated heterocycles. The second-order valence-corrected chi connectivity index (χ2v) is 6.79. The van der Waals surface area contributed by atoms with Gasteiger partial charge in [0.15, 0.2) is 0 Å². The lowest BCUT2D eigenvalue weighted by Gasteiger charge is -2.08. The van der Waals surface area contributed by atoms with E-state index in [9.17, 15) is 9.18 Å². The summed E-state index contributed by atoms with van der Waals surface area (Å²) in [6.07, 6.45) is 0.175. The molecule has 0 unspecified atom stereocenters. The third kappa shape index (κ3) is 5.79. The van der Waals surface area contributed by atoms with Crippen molar-refractivity contribution in [3.8, 4) is 22.1 Å². The third-order valence-electron chi connectivity index (χ3n) is 3.79. The number of rotatable bonds is 9. The van der Waals surface area contributed by atoms with Gasteiger partial charge >= 0.3 is 0 Å². The summed E-state index contributed by atoms with van der Waals surface area (Å²) in [7, 11) is 0. The summed E-state index contributed by atoms with van der Waals surface area (Å²) in [5, 5.41) is 5.32. The van der Waals surface area contributed by atoms with E-state index in [0.29, 0.717) is 36.0 Å². The molecule has 28 heavy (non-hydrogen) atoms. The molecule has 7 heteroatoms. The van der Waals surface area contributed by atoms with Crippen molar-refractivity contribution < 1.29 is 18.7 Å². The van der Waals surface area contributed by atoms with Crippen LogP contribution in [0.1, 0.15) is 12.6 Å². The molecule has 1 amide bonds. The van der Waals surface area contributed by atoms with Crippen LogP contribution in [0.3, 0.4) is 0 Å². The molecule has 0 bridgehead atoms. The van der Waals surface area contributed by atoms with Crippen molar-refractivity contribution in [1.82, 2.24) is 10.3 Å². The number of carbonyl (C=O) groups is 1. The zero-order chi connectivity index (χ0) is 19.8. The summed E-state index contributed by atoms with van der Waals surface area (Å²) < 4.78 is 24.3. The highest BCUT2D eigenvalue weighted by Gasteiger charge is 2.09. The van der Waals surface area contributed by atoms with Gasteiger partial charge in [0.1, 0.15) is 28.9 Å². The molecule has 146 valence electrons. The smallest absolute Gasteiger partial charge is 0.226 e. The summed E-state index contributed by atoms with van der Waals surface area (Å²) in [4.78, 5) is 16.5. The predicted octanol–water partition coefficient (Wildman–Crippen LogP) is 4.09. The maximum atomic E-state index is 13.3. The monoisotopic (exact) mass is 400 g/mol. The van der Waals surface area contributed by atoms with Gasteiger partial charge in [0.05, 0.1) is 25.3 Å². The largest absolute Gasteiger partial charge is 0.494 e. The Kier molecular flexibility index (Phi) is 6.97. The Bertz CT molecular complexity index is 912. The van der Waals surface area contributed by atoms with Crippen LogP contribution in [-0.4, -0.2) is 30.6 Å². The fourth-order valence-electron chi connectivity index (χ4n) is 2.53. The summed E-state index contributed by atoms with van der Waals surface area (Å²) in [5.41, 5.74) is 1.37. The summed E-state index contributed by atoms with van der Waals surface area (Å²) in [6.45, 7) is 3.31. The average molecular weight is 400 g/mol. The Morgan fingerprint density at radius 2 is 1.89 bits per heavy atom. The number of nitrogens with one attached hydrogen (secondary N) is 1. The van der Waals surface area contributed by atoms with Gasteiger partial charge in [0, 0.05) is 10.9 Å². The van der Waals surface area contributed by atoms with Crippen molar-refractivity contribution in [3.05, 3.63) is 65.4 Å². The number of nitrogens with zero attached hydrogens (tertiary/aromatic N) is 1. The van der Waals surface area contributed by atoms with Crippen LogP contribution in [0.4, 0.5) is 4.39 Å². The van der Waals surface area contributed by atoms with Crippen LogP contribution in [0, 0.1) is 5.82 Å². The van der Waals surface area contributed by atoms with E-state index >= 15 is 0 Å². The van der Waals surface area contributed by atoms with Crippen LogP contribution in [0.5, 0.6) is 11.5 Å². The average Bonchev–Trinajstić information content (AvgIpc) is 3.15. The first kappa shape index (κ1) is 19.8. The van der Waals surface area contributed by atoms with Gasteiger partial charge in [-0.25, -0.2) is 9.37 Å². The number of amides is 1. The molecule has 1 N–H and O–H groups in total. The minimum absolute atomic E-state index is 0.133. The molecule has 0 aliphatic carbocycles. The van der Waals surface area contributed by atoms with E-state index in [1.165, 1.54) is 23.5 Å². The van der Waals surface area contributed by atoms with E-state index < -0.39 is 0 Å². The van der Waals surface area contributed by atoms with Crippen LogP contribution in [-0.2, 0) is 11.2 Å². The van der Waals surface area contributed by atoms with Gasteiger partial charge in [-0.3, -0.25) is 4.79 Å². The van der Waals surface area contributed by atoms with Gasteiger partial charge in [0.25, 0.3) is 0 Å². The molecular weight excluding hydrogens is 379 g/mol. The minimum atomic E-state index is -0.306. The van der Waals surface area contributed by atoms with Gasteiger partial charge in [0.2, 0.25) is 5.91 Å². The number of ether oxygens (including phenoxy) is 2. The third-order valence-corrected chi connectivity index (χ3v) is 4.73. The Morgan fingerprint density at radius 1 is 1.14 bits per heavy atom. The molecular formula is C21H21FN2O3S. The molecule has 3 aromatic rings. The van der Waals surface area contributed by atoms with Crippen LogP contribution in [0.25, 0.3) is 10.6 Å². The SMILES string of the molecule is CCOc1ccc(OCCNC(=O)Cc2csc(-c3cccc(F)c3)n2)cc1. The van der Waals surface area contributed by atoms with Crippen molar-refractivity contribution in [3.63, 3.8) is 0 Å². The first-order chi connectivity index (χ1) is 13.6. The van der Waals surface area contributed by atoms with Crippen molar-refractivity contribution in [2.24, 2.45) is 0 Å². The fourth-order valence-corrected chi connectivity index (χ4v) is 3.34. The maximum Gasteiger partial charge on any atom is 0.226 e. The molecule has 3 rings (SSSR count). The maximum absolute atomic E-state index is 13.3. The van der Waals surface area contributed by atoms with E-state index in [4.69, 9.17) is 9.47 Å². The van der Waals surface area contributed by atoms with E-state index in [1.807, 2.05) is 36.6 Å². The van der Waals surface area contributed by atoms with Crippen LogP contribution in [0.2, 0.25) is 0 Å². The quantitative estimate of drug-likeness (QED) is 0.550. The van der Waals surface area contributed by atoms with E-state index in [-0.39, 0.29) is 18.1 Å². The molecule has 0 spiro atoms. The number of hydrogen-bond donors (Lipinski definition) is 1. The molecule has 0 aliphatic rings. The van der Waals surface area contributed by atoms with Gasteiger partial charge in [-0.2, -0.15) is 0 Å². The fraction of sp³-hybridized carbons (Fsp3) is 0.238. The molecule has 5 nitrogen and oxygen atoms in total. The number of thiazole rings is 1. The Balaban J connectivity index is 1.41. The second kappa shape index (κ2) is 9.85. The van der Waals surface area contributed by atoms with Crippen LogP contribution >= 0.6 is 11.3 Å². The zero-order valence-electron chi connectivity index (χ0n) is 15.5. The molecule has 2 aromatic carbocycles. The molecule has 0 atom stereocenters. The van der Waals surface area contributed by atoms with Crippen molar-refractivity contribution in [1.29, 1.82) is 0 Å². The highest BCUT2D eigenvalue weighted by atomic mass is 32.1. The Labute approximate surface area is 167 Å². The van der Waals surface area contributed by atoms with Gasteiger partial charge < -0.3 is 14.8 Å². The second-order valence-electron chi connectivity index (χ2n) is 5.93. The number of aromatic nitrogens is 1. The van der Waals surface area contributed by atoms with Gasteiger partial charge in [-0.1, -0.05) is 12.1 Å². The van der Waals surface area contributed by atoms with E-state index in [0.717, 1.165) is 11.5 Å². The standard InChI is InChI=1S/C21H21FN2O3S/c1-2-26-18-6-8-19(9-7-18)27-11-10-23-20(25)13-17-14-28-21(24-17)15-4-3-5-16(22)12-15/h3-9,12,14H,2,10-11,13H2,1H3,(H,23,25). The molecule has 0 fully saturated rings. The predicted molar refractivity (Wildman–Crippen MR) is 107 cm³/mol. The van der Waals surface area contributed by atoms with Crippen molar-refractivity contribution >= 4 is 17.2 Å². The number of carbonyl (C=O) groups excluding carboxylic acids is 1. The first-order valence-electron chi connectivity index (χ1n) is 8.96. The normalized spacial score (nSPS) is 10.5.